The maximum Gasteiger partial charge on any atom is 0.341 e. The smallest absolute Gasteiger partial charge is 0.341 e. The molecule has 3 aromatic rings. The number of aromatic nitrogens is 2. The molecule has 2 aromatic heterocycles. The van der Waals surface area contributed by atoms with Gasteiger partial charge in [-0.2, -0.15) is 0 Å². The Kier molecular flexibility index (Phi) is 6.16. The molecule has 0 aliphatic rings. The van der Waals surface area contributed by atoms with E-state index in [2.05, 4.69) is 21.4 Å². The van der Waals surface area contributed by atoms with Gasteiger partial charge in [-0.05, 0) is 63.1 Å². The number of fused-ring (bicyclic) bond motifs is 1. The molecule has 5 nitrogen and oxygen atoms in total. The van der Waals surface area contributed by atoms with Crippen molar-refractivity contribution < 1.29 is 9.53 Å². The molecule has 1 N–H and O–H groups in total. The minimum atomic E-state index is -0.399. The van der Waals surface area contributed by atoms with Crippen LogP contribution < -0.4 is 5.32 Å². The number of hydrogen-bond acceptors (Lipinski definition) is 5. The van der Waals surface area contributed by atoms with Gasteiger partial charge < -0.3 is 10.1 Å². The second-order valence-corrected chi connectivity index (χ2v) is 6.09. The van der Waals surface area contributed by atoms with E-state index in [9.17, 15) is 4.79 Å². The molecule has 0 spiro atoms. The summed E-state index contributed by atoms with van der Waals surface area (Å²) in [6.45, 7) is 8.09. The minimum Gasteiger partial charge on any atom is -0.462 e. The maximum atomic E-state index is 12.4. The summed E-state index contributed by atoms with van der Waals surface area (Å²) < 4.78 is 5.19. The first-order valence-corrected chi connectivity index (χ1v) is 8.26. The molecule has 26 heavy (non-hydrogen) atoms. The zero-order valence-corrected chi connectivity index (χ0v) is 16.1. The number of esters is 1. The standard InChI is InChI=1S/C20H21N3O2.ClH/c1-5-25-20(24)17-11-21-19-16(7-6-14(4)22-19)18(17)23-15-9-12(2)8-13(3)10-15;/h6-11H,5H2,1-4H3,(H,21,22,23);1H. The van der Waals surface area contributed by atoms with Crippen LogP contribution in [-0.4, -0.2) is 22.5 Å². The van der Waals surface area contributed by atoms with E-state index in [0.717, 1.165) is 27.9 Å². The topological polar surface area (TPSA) is 64.1 Å². The van der Waals surface area contributed by atoms with Crippen molar-refractivity contribution in [2.75, 3.05) is 11.9 Å². The lowest BCUT2D eigenvalue weighted by atomic mass is 10.1. The van der Waals surface area contributed by atoms with Crippen LogP contribution in [0.15, 0.2) is 36.5 Å². The SMILES string of the molecule is CCOC(=O)c1cnc2nc(C)ccc2c1Nc1cc(C)cc(C)c1.Cl. The summed E-state index contributed by atoms with van der Waals surface area (Å²) >= 11 is 0. The van der Waals surface area contributed by atoms with Crippen LogP contribution in [0.25, 0.3) is 11.0 Å². The Morgan fingerprint density at radius 2 is 1.81 bits per heavy atom. The number of hydrogen-bond donors (Lipinski definition) is 1. The van der Waals surface area contributed by atoms with Gasteiger partial charge in [0, 0.05) is 23.0 Å². The highest BCUT2D eigenvalue weighted by molar-refractivity contribution is 6.05. The van der Waals surface area contributed by atoms with Gasteiger partial charge in [-0.15, -0.1) is 12.4 Å². The molecule has 0 amide bonds. The number of halogens is 1. The third-order valence-corrected chi connectivity index (χ3v) is 3.86. The molecule has 0 atom stereocenters. The summed E-state index contributed by atoms with van der Waals surface area (Å²) in [5.41, 5.74) is 5.75. The molecular weight excluding hydrogens is 350 g/mol. The van der Waals surface area contributed by atoms with E-state index in [1.54, 1.807) is 6.92 Å². The average Bonchev–Trinajstić information content (AvgIpc) is 2.54. The van der Waals surface area contributed by atoms with E-state index in [4.69, 9.17) is 4.74 Å². The molecule has 0 aliphatic carbocycles. The third-order valence-electron chi connectivity index (χ3n) is 3.86. The van der Waals surface area contributed by atoms with Crippen molar-refractivity contribution in [3.05, 3.63) is 58.9 Å². The van der Waals surface area contributed by atoms with Crippen LogP contribution in [-0.2, 0) is 4.74 Å². The van der Waals surface area contributed by atoms with E-state index in [0.29, 0.717) is 23.5 Å². The van der Waals surface area contributed by atoms with Crippen LogP contribution in [0.3, 0.4) is 0 Å². The van der Waals surface area contributed by atoms with Crippen molar-refractivity contribution >= 4 is 40.8 Å². The molecule has 1 aromatic carbocycles. The van der Waals surface area contributed by atoms with E-state index in [1.165, 1.54) is 6.20 Å². The van der Waals surface area contributed by atoms with Gasteiger partial charge in [0.2, 0.25) is 0 Å². The Hall–Kier alpha value is -2.66. The van der Waals surface area contributed by atoms with Crippen LogP contribution in [0.2, 0.25) is 0 Å². The lowest BCUT2D eigenvalue weighted by Crippen LogP contribution is -2.10. The zero-order chi connectivity index (χ0) is 18.0. The molecule has 0 bridgehead atoms. The fourth-order valence-corrected chi connectivity index (χ4v) is 2.86. The highest BCUT2D eigenvalue weighted by Gasteiger charge is 2.17. The van der Waals surface area contributed by atoms with Crippen molar-refractivity contribution in [3.63, 3.8) is 0 Å². The first-order chi connectivity index (χ1) is 12.0. The second kappa shape index (κ2) is 8.15. The average molecular weight is 372 g/mol. The number of anilines is 2. The van der Waals surface area contributed by atoms with Crippen molar-refractivity contribution in [3.8, 4) is 0 Å². The molecular formula is C20H22ClN3O2. The molecule has 0 saturated heterocycles. The van der Waals surface area contributed by atoms with E-state index < -0.39 is 5.97 Å². The quantitative estimate of drug-likeness (QED) is 0.661. The van der Waals surface area contributed by atoms with Crippen LogP contribution >= 0.6 is 12.4 Å². The Morgan fingerprint density at radius 1 is 1.12 bits per heavy atom. The Labute approximate surface area is 159 Å². The lowest BCUT2D eigenvalue weighted by Gasteiger charge is -2.15. The van der Waals surface area contributed by atoms with Gasteiger partial charge in [0.25, 0.3) is 0 Å². The summed E-state index contributed by atoms with van der Waals surface area (Å²) in [4.78, 5) is 21.2. The van der Waals surface area contributed by atoms with Crippen molar-refractivity contribution in [2.24, 2.45) is 0 Å². The zero-order valence-electron chi connectivity index (χ0n) is 15.3. The summed E-state index contributed by atoms with van der Waals surface area (Å²) in [7, 11) is 0. The molecule has 0 radical (unpaired) electrons. The number of rotatable bonds is 4. The number of nitrogens with zero attached hydrogens (tertiary/aromatic N) is 2. The number of nitrogens with one attached hydrogen (secondary N) is 1. The Balaban J connectivity index is 0.00000243. The normalized spacial score (nSPS) is 10.3. The highest BCUT2D eigenvalue weighted by atomic mass is 35.5. The van der Waals surface area contributed by atoms with Crippen LogP contribution in [0.4, 0.5) is 11.4 Å². The molecule has 0 aliphatic heterocycles. The predicted molar refractivity (Wildman–Crippen MR) is 107 cm³/mol. The first kappa shape index (κ1) is 19.7. The molecule has 0 unspecified atom stereocenters. The summed E-state index contributed by atoms with van der Waals surface area (Å²) in [5.74, 6) is -0.399. The maximum absolute atomic E-state index is 12.4. The monoisotopic (exact) mass is 371 g/mol. The van der Waals surface area contributed by atoms with Gasteiger partial charge >= 0.3 is 5.97 Å². The fraction of sp³-hybridized carbons (Fsp3) is 0.250. The first-order valence-electron chi connectivity index (χ1n) is 8.26. The fourth-order valence-electron chi connectivity index (χ4n) is 2.86. The number of aryl methyl sites for hydroxylation is 3. The number of carbonyl (C=O) groups is 1. The van der Waals surface area contributed by atoms with Crippen LogP contribution in [0.1, 0.15) is 34.1 Å². The summed E-state index contributed by atoms with van der Waals surface area (Å²) in [5, 5.41) is 4.16. The van der Waals surface area contributed by atoms with E-state index in [-0.39, 0.29) is 12.4 Å². The van der Waals surface area contributed by atoms with Crippen molar-refractivity contribution in [1.29, 1.82) is 0 Å². The second-order valence-electron chi connectivity index (χ2n) is 6.09. The Morgan fingerprint density at radius 3 is 2.46 bits per heavy atom. The largest absolute Gasteiger partial charge is 0.462 e. The van der Waals surface area contributed by atoms with E-state index >= 15 is 0 Å². The van der Waals surface area contributed by atoms with E-state index in [1.807, 2.05) is 45.0 Å². The van der Waals surface area contributed by atoms with Gasteiger partial charge in [-0.1, -0.05) is 6.07 Å². The number of benzene rings is 1. The van der Waals surface area contributed by atoms with Crippen LogP contribution in [0.5, 0.6) is 0 Å². The Bertz CT molecular complexity index is 937. The van der Waals surface area contributed by atoms with Gasteiger partial charge in [0.05, 0.1) is 12.3 Å². The summed E-state index contributed by atoms with van der Waals surface area (Å²) in [6, 6.07) is 10.0. The third kappa shape index (κ3) is 4.11. The molecule has 2 heterocycles. The molecule has 6 heteroatoms. The molecule has 3 rings (SSSR count). The molecule has 0 saturated carbocycles. The van der Waals surface area contributed by atoms with Gasteiger partial charge in [0.1, 0.15) is 5.56 Å². The van der Waals surface area contributed by atoms with Gasteiger partial charge in [-0.25, -0.2) is 14.8 Å². The molecule has 136 valence electrons. The van der Waals surface area contributed by atoms with Crippen molar-refractivity contribution in [2.45, 2.75) is 27.7 Å². The molecule has 0 fully saturated rings. The minimum absolute atomic E-state index is 0. The van der Waals surface area contributed by atoms with Crippen molar-refractivity contribution in [1.82, 2.24) is 9.97 Å². The lowest BCUT2D eigenvalue weighted by molar-refractivity contribution is 0.0527. The van der Waals surface area contributed by atoms with Gasteiger partial charge in [0.15, 0.2) is 5.65 Å². The highest BCUT2D eigenvalue weighted by Crippen LogP contribution is 2.30. The van der Waals surface area contributed by atoms with Gasteiger partial charge in [-0.3, -0.25) is 0 Å². The summed E-state index contributed by atoms with van der Waals surface area (Å²) in [6.07, 6.45) is 1.53. The predicted octanol–water partition coefficient (Wildman–Crippen LogP) is 4.90. The van der Waals surface area contributed by atoms with Crippen LogP contribution in [0, 0.1) is 20.8 Å². The number of pyridine rings is 2. The number of ether oxygens (including phenoxy) is 1. The number of carbonyl (C=O) groups excluding carboxylic acids is 1.